The van der Waals surface area contributed by atoms with Crippen LogP contribution in [0.25, 0.3) is 6.08 Å². The van der Waals surface area contributed by atoms with E-state index in [0.29, 0.717) is 11.5 Å². The number of rotatable bonds is 4. The van der Waals surface area contributed by atoms with Gasteiger partial charge in [0.1, 0.15) is 0 Å². The second kappa shape index (κ2) is 5.09. The third-order valence-electron chi connectivity index (χ3n) is 1.89. The Bertz CT molecular complexity index is 359. The third-order valence-corrected chi connectivity index (χ3v) is 1.89. The smallest absolute Gasteiger partial charge is 0.328 e. The van der Waals surface area contributed by atoms with Crippen molar-refractivity contribution in [2.24, 2.45) is 0 Å². The maximum absolute atomic E-state index is 10.3. The Morgan fingerprint density at radius 1 is 1.53 bits per heavy atom. The molecule has 80 valence electrons. The van der Waals surface area contributed by atoms with Crippen LogP contribution in [0.3, 0.4) is 0 Å². The van der Waals surface area contributed by atoms with Crippen molar-refractivity contribution >= 4 is 18.0 Å². The van der Waals surface area contributed by atoms with Crippen LogP contribution in [0.5, 0.6) is 0 Å². The Morgan fingerprint density at radius 3 is 2.60 bits per heavy atom. The van der Waals surface area contributed by atoms with Crippen molar-refractivity contribution in [2.45, 2.75) is 6.92 Å². The molecule has 0 saturated carbocycles. The summed E-state index contributed by atoms with van der Waals surface area (Å²) < 4.78 is 0. The van der Waals surface area contributed by atoms with Crippen molar-refractivity contribution in [2.75, 3.05) is 18.5 Å². The maximum atomic E-state index is 10.3. The van der Waals surface area contributed by atoms with Crippen LogP contribution in [0.2, 0.25) is 0 Å². The van der Waals surface area contributed by atoms with Crippen LogP contribution < -0.4 is 4.90 Å². The quantitative estimate of drug-likeness (QED) is 0.747. The highest BCUT2D eigenvalue weighted by Crippen LogP contribution is 2.05. The highest BCUT2D eigenvalue weighted by Gasteiger charge is 2.00. The largest absolute Gasteiger partial charge is 0.478 e. The summed E-state index contributed by atoms with van der Waals surface area (Å²) in [4.78, 5) is 20.3. The van der Waals surface area contributed by atoms with Gasteiger partial charge in [0.15, 0.2) is 0 Å². The van der Waals surface area contributed by atoms with Gasteiger partial charge in [0.2, 0.25) is 5.95 Å². The van der Waals surface area contributed by atoms with Gasteiger partial charge in [-0.1, -0.05) is 0 Å². The van der Waals surface area contributed by atoms with Gasteiger partial charge in [-0.3, -0.25) is 0 Å². The van der Waals surface area contributed by atoms with E-state index in [1.54, 1.807) is 12.4 Å². The number of aromatic nitrogens is 2. The molecular weight excluding hydrogens is 194 g/mol. The Kier molecular flexibility index (Phi) is 3.79. The molecule has 1 rings (SSSR count). The summed E-state index contributed by atoms with van der Waals surface area (Å²) in [5, 5.41) is 8.42. The van der Waals surface area contributed by atoms with Gasteiger partial charge >= 0.3 is 5.97 Å². The van der Waals surface area contributed by atoms with Gasteiger partial charge in [0.05, 0.1) is 0 Å². The van der Waals surface area contributed by atoms with Crippen LogP contribution in [0.15, 0.2) is 18.5 Å². The Balaban J connectivity index is 2.76. The Morgan fingerprint density at radius 2 is 2.13 bits per heavy atom. The molecule has 0 atom stereocenters. The van der Waals surface area contributed by atoms with Gasteiger partial charge in [-0.25, -0.2) is 14.8 Å². The minimum atomic E-state index is -0.982. The van der Waals surface area contributed by atoms with E-state index in [2.05, 4.69) is 9.97 Å². The lowest BCUT2D eigenvalue weighted by Crippen LogP contribution is -2.18. The van der Waals surface area contributed by atoms with Crippen LogP contribution in [0.4, 0.5) is 5.95 Å². The fraction of sp³-hybridized carbons (Fsp3) is 0.300. The molecule has 1 aromatic heterocycles. The molecule has 0 bridgehead atoms. The SMILES string of the molecule is CCN(C)c1ncc(/C=C/C(=O)O)cn1. The molecule has 5 heteroatoms. The summed E-state index contributed by atoms with van der Waals surface area (Å²) in [6.07, 6.45) is 5.70. The molecule has 0 fully saturated rings. The monoisotopic (exact) mass is 207 g/mol. The predicted molar refractivity (Wildman–Crippen MR) is 57.6 cm³/mol. The van der Waals surface area contributed by atoms with Crippen molar-refractivity contribution < 1.29 is 9.90 Å². The summed E-state index contributed by atoms with van der Waals surface area (Å²) >= 11 is 0. The Hall–Kier alpha value is -1.91. The van der Waals surface area contributed by atoms with Crippen molar-refractivity contribution in [1.82, 2.24) is 9.97 Å². The first-order valence-electron chi connectivity index (χ1n) is 4.57. The molecular formula is C10H13N3O2. The lowest BCUT2D eigenvalue weighted by Gasteiger charge is -2.13. The fourth-order valence-corrected chi connectivity index (χ4v) is 0.923. The van der Waals surface area contributed by atoms with Crippen LogP contribution in [0, 0.1) is 0 Å². The van der Waals surface area contributed by atoms with E-state index in [1.807, 2.05) is 18.9 Å². The van der Waals surface area contributed by atoms with Gasteiger partial charge in [-0.05, 0) is 13.0 Å². The van der Waals surface area contributed by atoms with E-state index >= 15 is 0 Å². The first-order valence-corrected chi connectivity index (χ1v) is 4.57. The number of carbonyl (C=O) groups is 1. The lowest BCUT2D eigenvalue weighted by molar-refractivity contribution is -0.131. The van der Waals surface area contributed by atoms with Crippen LogP contribution >= 0.6 is 0 Å². The van der Waals surface area contributed by atoms with Gasteiger partial charge in [0, 0.05) is 37.6 Å². The third kappa shape index (κ3) is 3.38. The molecule has 0 unspecified atom stereocenters. The standard InChI is InChI=1S/C10H13N3O2/c1-3-13(2)10-11-6-8(7-12-10)4-5-9(14)15/h4-7H,3H2,1-2H3,(H,14,15)/b5-4+. The average Bonchev–Trinajstić information content (AvgIpc) is 2.26. The van der Waals surface area contributed by atoms with E-state index in [0.717, 1.165) is 12.6 Å². The van der Waals surface area contributed by atoms with E-state index in [9.17, 15) is 4.79 Å². The molecule has 0 spiro atoms. The predicted octanol–water partition coefficient (Wildman–Crippen LogP) is 1.03. The average molecular weight is 207 g/mol. The highest BCUT2D eigenvalue weighted by atomic mass is 16.4. The zero-order valence-corrected chi connectivity index (χ0v) is 8.71. The van der Waals surface area contributed by atoms with Gasteiger partial charge < -0.3 is 10.0 Å². The molecule has 0 radical (unpaired) electrons. The fourth-order valence-electron chi connectivity index (χ4n) is 0.923. The molecule has 5 nitrogen and oxygen atoms in total. The molecule has 0 saturated heterocycles. The summed E-state index contributed by atoms with van der Waals surface area (Å²) in [5.74, 6) is -0.352. The zero-order chi connectivity index (χ0) is 11.3. The van der Waals surface area contributed by atoms with Crippen LogP contribution in [-0.2, 0) is 4.79 Å². The molecule has 0 aromatic carbocycles. The van der Waals surface area contributed by atoms with Crippen LogP contribution in [-0.4, -0.2) is 34.6 Å². The molecule has 1 heterocycles. The second-order valence-electron chi connectivity index (χ2n) is 3.00. The van der Waals surface area contributed by atoms with E-state index < -0.39 is 5.97 Å². The zero-order valence-electron chi connectivity index (χ0n) is 8.71. The number of carboxylic acids is 1. The number of carboxylic acid groups (broad SMARTS) is 1. The minimum Gasteiger partial charge on any atom is -0.478 e. The molecule has 0 aliphatic heterocycles. The van der Waals surface area contributed by atoms with Crippen molar-refractivity contribution in [3.8, 4) is 0 Å². The normalized spacial score (nSPS) is 10.5. The highest BCUT2D eigenvalue weighted by molar-refractivity contribution is 5.85. The number of nitrogens with zero attached hydrogens (tertiary/aromatic N) is 3. The number of anilines is 1. The maximum Gasteiger partial charge on any atom is 0.328 e. The van der Waals surface area contributed by atoms with Gasteiger partial charge in [-0.2, -0.15) is 0 Å². The van der Waals surface area contributed by atoms with Crippen LogP contribution in [0.1, 0.15) is 12.5 Å². The van der Waals surface area contributed by atoms with Crippen molar-refractivity contribution in [3.05, 3.63) is 24.0 Å². The summed E-state index contributed by atoms with van der Waals surface area (Å²) in [6.45, 7) is 2.83. The molecule has 0 aliphatic carbocycles. The topological polar surface area (TPSA) is 66.3 Å². The first kappa shape index (κ1) is 11.2. The molecule has 0 aliphatic rings. The van der Waals surface area contributed by atoms with Crippen molar-refractivity contribution in [3.63, 3.8) is 0 Å². The molecule has 1 N–H and O–H groups in total. The second-order valence-corrected chi connectivity index (χ2v) is 3.00. The summed E-state index contributed by atoms with van der Waals surface area (Å²) in [6, 6.07) is 0. The first-order chi connectivity index (χ1) is 7.13. The van der Waals surface area contributed by atoms with Gasteiger partial charge in [-0.15, -0.1) is 0 Å². The molecule has 1 aromatic rings. The summed E-state index contributed by atoms with van der Waals surface area (Å²) in [5.41, 5.74) is 0.672. The number of hydrogen-bond donors (Lipinski definition) is 1. The van der Waals surface area contributed by atoms with E-state index in [-0.39, 0.29) is 0 Å². The van der Waals surface area contributed by atoms with Crippen molar-refractivity contribution in [1.29, 1.82) is 0 Å². The lowest BCUT2D eigenvalue weighted by atomic mass is 10.3. The molecule has 15 heavy (non-hydrogen) atoms. The molecule has 0 amide bonds. The number of hydrogen-bond acceptors (Lipinski definition) is 4. The van der Waals surface area contributed by atoms with Gasteiger partial charge in [0.25, 0.3) is 0 Å². The minimum absolute atomic E-state index is 0.630. The number of aliphatic carboxylic acids is 1. The van der Waals surface area contributed by atoms with E-state index in [4.69, 9.17) is 5.11 Å². The van der Waals surface area contributed by atoms with E-state index in [1.165, 1.54) is 6.08 Å². The summed E-state index contributed by atoms with van der Waals surface area (Å²) in [7, 11) is 1.89. The Labute approximate surface area is 88.1 Å².